The number of ketones is 1. The fourth-order valence-electron chi connectivity index (χ4n) is 1.73. The van der Waals surface area contributed by atoms with E-state index in [1.165, 1.54) is 16.6 Å². The largest absolute Gasteiger partial charge is 0.299 e. The summed E-state index contributed by atoms with van der Waals surface area (Å²) in [7, 11) is 2.09. The maximum absolute atomic E-state index is 11.1. The molecule has 0 N–H and O–H groups in total. The summed E-state index contributed by atoms with van der Waals surface area (Å²) in [4.78, 5) is 11.1. The number of carbonyl (C=O) groups is 1. The van der Waals surface area contributed by atoms with Crippen LogP contribution < -0.4 is 5.46 Å². The Morgan fingerprint density at radius 2 is 2.00 bits per heavy atom. The molecule has 60 valence electrons. The van der Waals surface area contributed by atoms with Gasteiger partial charge in [-0.15, -0.1) is 0 Å². The Bertz CT molecular complexity index is 331. The van der Waals surface area contributed by atoms with E-state index in [0.717, 1.165) is 12.8 Å². The molecule has 0 saturated carbocycles. The second kappa shape index (κ2) is 2.78. The van der Waals surface area contributed by atoms with Crippen LogP contribution in [0.4, 0.5) is 0 Å². The van der Waals surface area contributed by atoms with Gasteiger partial charge in [-0.1, -0.05) is 23.7 Å². The number of fused-ring (bicyclic) bond motifs is 1. The van der Waals surface area contributed by atoms with E-state index < -0.39 is 0 Å². The van der Waals surface area contributed by atoms with Crippen LogP contribution in [0.2, 0.25) is 0 Å². The van der Waals surface area contributed by atoms with Gasteiger partial charge < -0.3 is 0 Å². The van der Waals surface area contributed by atoms with Crippen molar-refractivity contribution >= 4 is 19.1 Å². The molecule has 0 aliphatic heterocycles. The lowest BCUT2D eigenvalue weighted by Crippen LogP contribution is -2.16. The zero-order valence-corrected chi connectivity index (χ0v) is 7.26. The molecule has 0 fully saturated rings. The Morgan fingerprint density at radius 1 is 1.17 bits per heavy atom. The Morgan fingerprint density at radius 3 is 2.83 bits per heavy atom. The summed E-state index contributed by atoms with van der Waals surface area (Å²) in [5.41, 5.74) is 3.90. The van der Waals surface area contributed by atoms with Crippen molar-refractivity contribution in [1.29, 1.82) is 0 Å². The van der Waals surface area contributed by atoms with Crippen molar-refractivity contribution in [2.75, 3.05) is 0 Å². The molecule has 2 heteroatoms. The van der Waals surface area contributed by atoms with E-state index in [9.17, 15) is 4.79 Å². The average molecular weight is 158 g/mol. The molecule has 0 radical (unpaired) electrons. The van der Waals surface area contributed by atoms with Gasteiger partial charge in [-0.05, 0) is 17.5 Å². The van der Waals surface area contributed by atoms with Crippen molar-refractivity contribution in [3.05, 3.63) is 29.3 Å². The molecule has 0 heterocycles. The predicted octanol–water partition coefficient (Wildman–Crippen LogP) is 0.00280. The maximum atomic E-state index is 11.1. The van der Waals surface area contributed by atoms with E-state index >= 15 is 0 Å². The van der Waals surface area contributed by atoms with E-state index in [2.05, 4.69) is 26.0 Å². The summed E-state index contributed by atoms with van der Waals surface area (Å²) in [6.45, 7) is 0. The molecule has 1 nitrogen and oxygen atoms in total. The summed E-state index contributed by atoms with van der Waals surface area (Å²) < 4.78 is 0. The van der Waals surface area contributed by atoms with Crippen molar-refractivity contribution < 1.29 is 4.79 Å². The second-order valence-electron chi connectivity index (χ2n) is 3.49. The number of Topliss-reactive ketones (excluding diaryl/α,β-unsaturated/α-hetero) is 1. The van der Waals surface area contributed by atoms with Crippen LogP contribution in [0.15, 0.2) is 18.2 Å². The molecular weight excluding hydrogens is 147 g/mol. The number of hydrogen-bond donors (Lipinski definition) is 0. The minimum Gasteiger partial charge on any atom is -0.299 e. The highest BCUT2D eigenvalue weighted by atomic mass is 16.1. The molecule has 0 bridgehead atoms. The van der Waals surface area contributed by atoms with Gasteiger partial charge in [0.15, 0.2) is 0 Å². The minimum atomic E-state index is 0.381. The number of benzene rings is 1. The third kappa shape index (κ3) is 1.29. The molecule has 0 atom stereocenters. The van der Waals surface area contributed by atoms with Gasteiger partial charge in [0.2, 0.25) is 0 Å². The lowest BCUT2D eigenvalue weighted by Gasteiger charge is -2.14. The molecule has 1 aliphatic rings. The third-order valence-corrected chi connectivity index (χ3v) is 2.42. The molecule has 1 aromatic rings. The van der Waals surface area contributed by atoms with Gasteiger partial charge in [0.05, 0.1) is 0 Å². The van der Waals surface area contributed by atoms with Crippen molar-refractivity contribution in [2.24, 2.45) is 0 Å². The molecular formula is C10H11BO. The van der Waals surface area contributed by atoms with Crippen LogP contribution in [-0.4, -0.2) is 13.6 Å². The smallest absolute Gasteiger partial charge is 0.139 e. The first-order valence-corrected chi connectivity index (χ1v) is 4.36. The molecule has 1 aromatic carbocycles. The first-order valence-electron chi connectivity index (χ1n) is 4.36. The Kier molecular flexibility index (Phi) is 1.76. The fraction of sp³-hybridized carbons (Fsp3) is 0.300. The summed E-state index contributed by atoms with van der Waals surface area (Å²) in [5, 5.41) is 0. The van der Waals surface area contributed by atoms with E-state index in [-0.39, 0.29) is 0 Å². The minimum absolute atomic E-state index is 0.381. The summed E-state index contributed by atoms with van der Waals surface area (Å²) in [6, 6.07) is 6.36. The van der Waals surface area contributed by atoms with Gasteiger partial charge in [0.25, 0.3) is 0 Å². The number of rotatable bonds is 0. The molecule has 0 amide bonds. The zero-order chi connectivity index (χ0) is 8.55. The van der Waals surface area contributed by atoms with Crippen LogP contribution in [0.5, 0.6) is 0 Å². The molecule has 0 saturated heterocycles. The monoisotopic (exact) mass is 158 g/mol. The van der Waals surface area contributed by atoms with Gasteiger partial charge in [-0.2, -0.15) is 0 Å². The highest BCUT2D eigenvalue weighted by molar-refractivity contribution is 6.32. The van der Waals surface area contributed by atoms with Crippen molar-refractivity contribution in [2.45, 2.75) is 19.3 Å². The van der Waals surface area contributed by atoms with Gasteiger partial charge in [-0.25, -0.2) is 0 Å². The highest BCUT2D eigenvalue weighted by Gasteiger charge is 2.14. The highest BCUT2D eigenvalue weighted by Crippen LogP contribution is 2.17. The molecule has 0 aromatic heterocycles. The summed E-state index contributed by atoms with van der Waals surface area (Å²) >= 11 is 0. The Labute approximate surface area is 73.2 Å². The average Bonchev–Trinajstić information content (AvgIpc) is 2.05. The zero-order valence-electron chi connectivity index (χ0n) is 7.26. The first-order chi connectivity index (χ1) is 5.75. The van der Waals surface area contributed by atoms with E-state index in [4.69, 9.17) is 0 Å². The summed E-state index contributed by atoms with van der Waals surface area (Å²) in [6.07, 6.45) is 2.32. The van der Waals surface area contributed by atoms with Gasteiger partial charge >= 0.3 is 0 Å². The lowest BCUT2D eigenvalue weighted by atomic mass is 9.85. The van der Waals surface area contributed by atoms with Crippen LogP contribution in [0, 0.1) is 0 Å². The second-order valence-corrected chi connectivity index (χ2v) is 3.49. The molecule has 0 spiro atoms. The number of carbonyl (C=O) groups excluding carboxylic acids is 1. The lowest BCUT2D eigenvalue weighted by molar-refractivity contribution is -0.118. The molecule has 1 aliphatic carbocycles. The van der Waals surface area contributed by atoms with Crippen LogP contribution in [0.1, 0.15) is 17.5 Å². The first kappa shape index (κ1) is 7.60. The van der Waals surface area contributed by atoms with Crippen LogP contribution in [0.25, 0.3) is 0 Å². The van der Waals surface area contributed by atoms with Crippen LogP contribution >= 0.6 is 0 Å². The standard InChI is InChI=1S/C10H11BO/c11-9-3-1-8-6-10(12)4-2-7(8)5-9/h1,3,5H,2,4,6,11H2. The Balaban J connectivity index is 2.43. The molecule has 12 heavy (non-hydrogen) atoms. The SMILES string of the molecule is Bc1ccc2c(c1)CCC(=O)C2. The van der Waals surface area contributed by atoms with E-state index in [1.807, 2.05) is 0 Å². The van der Waals surface area contributed by atoms with Crippen LogP contribution in [0.3, 0.4) is 0 Å². The number of aryl methyl sites for hydroxylation is 1. The van der Waals surface area contributed by atoms with E-state index in [0.29, 0.717) is 12.2 Å². The maximum Gasteiger partial charge on any atom is 0.139 e. The molecule has 0 unspecified atom stereocenters. The third-order valence-electron chi connectivity index (χ3n) is 2.42. The van der Waals surface area contributed by atoms with Crippen LogP contribution in [-0.2, 0) is 17.6 Å². The number of hydrogen-bond acceptors (Lipinski definition) is 1. The van der Waals surface area contributed by atoms with Crippen molar-refractivity contribution in [3.63, 3.8) is 0 Å². The normalized spacial score (nSPS) is 15.8. The topological polar surface area (TPSA) is 17.1 Å². The fourth-order valence-corrected chi connectivity index (χ4v) is 1.73. The molecule has 2 rings (SSSR count). The quantitative estimate of drug-likeness (QED) is 0.486. The van der Waals surface area contributed by atoms with E-state index in [1.54, 1.807) is 0 Å². The van der Waals surface area contributed by atoms with Gasteiger partial charge in [0, 0.05) is 12.8 Å². The van der Waals surface area contributed by atoms with Crippen molar-refractivity contribution in [3.8, 4) is 0 Å². The predicted molar refractivity (Wildman–Crippen MR) is 51.7 cm³/mol. The Hall–Kier alpha value is -1.05. The van der Waals surface area contributed by atoms with Gasteiger partial charge in [0.1, 0.15) is 13.6 Å². The summed E-state index contributed by atoms with van der Waals surface area (Å²) in [5.74, 6) is 0.381. The van der Waals surface area contributed by atoms with Gasteiger partial charge in [-0.3, -0.25) is 4.79 Å². The van der Waals surface area contributed by atoms with Crippen molar-refractivity contribution in [1.82, 2.24) is 0 Å².